The number of carbonyl (C=O) groups excluding carboxylic acids is 1. The number of amides is 1. The second kappa shape index (κ2) is 4.71. The van der Waals surface area contributed by atoms with Crippen LogP contribution in [0.2, 0.25) is 0 Å². The van der Waals surface area contributed by atoms with Gasteiger partial charge in [0.05, 0.1) is 11.2 Å². The monoisotopic (exact) mass is 248 g/mol. The predicted octanol–water partition coefficient (Wildman–Crippen LogP) is 0.0880. The van der Waals surface area contributed by atoms with Gasteiger partial charge in [0.2, 0.25) is 15.9 Å². The largest absolute Gasteiger partial charge is 0.316 e. The maximum atomic E-state index is 12.1. The normalized spacial score (nSPS) is 26.0. The molecule has 1 aliphatic heterocycles. The molecule has 0 aromatic heterocycles. The van der Waals surface area contributed by atoms with Gasteiger partial charge in [0.25, 0.3) is 0 Å². The molecule has 1 aliphatic rings. The van der Waals surface area contributed by atoms with E-state index >= 15 is 0 Å². The fourth-order valence-electron chi connectivity index (χ4n) is 1.98. The molecule has 0 saturated carbocycles. The van der Waals surface area contributed by atoms with Crippen molar-refractivity contribution in [3.63, 3.8) is 0 Å². The van der Waals surface area contributed by atoms with Gasteiger partial charge >= 0.3 is 0 Å². The average molecular weight is 248 g/mol. The number of rotatable bonds is 4. The van der Waals surface area contributed by atoms with Crippen LogP contribution in [-0.4, -0.2) is 33.2 Å². The molecule has 1 unspecified atom stereocenters. The maximum Gasteiger partial charge on any atom is 0.241 e. The summed E-state index contributed by atoms with van der Waals surface area (Å²) in [6, 6.07) is 0. The molecule has 0 radical (unpaired) electrons. The molecule has 1 heterocycles. The summed E-state index contributed by atoms with van der Waals surface area (Å²) in [5.41, 5.74) is -0.581. The Bertz CT molecular complexity index is 356. The first-order chi connectivity index (χ1) is 7.34. The van der Waals surface area contributed by atoms with Crippen molar-refractivity contribution in [3.8, 4) is 0 Å². The summed E-state index contributed by atoms with van der Waals surface area (Å²) in [7, 11) is -3.46. The van der Waals surface area contributed by atoms with Crippen LogP contribution in [0.5, 0.6) is 0 Å². The van der Waals surface area contributed by atoms with Crippen molar-refractivity contribution in [2.45, 2.75) is 27.2 Å². The van der Waals surface area contributed by atoms with Crippen molar-refractivity contribution in [1.82, 2.24) is 10.0 Å². The van der Waals surface area contributed by atoms with Gasteiger partial charge in [-0.25, -0.2) is 8.42 Å². The molecular formula is C10H20N2O3S. The number of nitrogens with one attached hydrogen (secondary N) is 2. The second-order valence-electron chi connectivity index (χ2n) is 4.57. The summed E-state index contributed by atoms with van der Waals surface area (Å²) in [4.78, 5) is 12.1. The zero-order valence-corrected chi connectivity index (χ0v) is 10.9. The Morgan fingerprint density at radius 3 is 2.50 bits per heavy atom. The van der Waals surface area contributed by atoms with E-state index < -0.39 is 15.4 Å². The molecule has 0 aromatic rings. The van der Waals surface area contributed by atoms with Crippen molar-refractivity contribution >= 4 is 15.9 Å². The fourth-order valence-corrected chi connectivity index (χ4v) is 2.61. The van der Waals surface area contributed by atoms with Gasteiger partial charge in [-0.15, -0.1) is 0 Å². The highest BCUT2D eigenvalue weighted by atomic mass is 32.2. The molecule has 94 valence electrons. The SMILES string of the molecule is CCS(=O)(=O)NC(=O)C1(C(C)C)CCNC1. The first kappa shape index (κ1) is 13.4. The predicted molar refractivity (Wildman–Crippen MR) is 62.4 cm³/mol. The Morgan fingerprint density at radius 2 is 2.12 bits per heavy atom. The summed E-state index contributed by atoms with van der Waals surface area (Å²) >= 11 is 0. The lowest BCUT2D eigenvalue weighted by Crippen LogP contribution is -2.48. The Hall–Kier alpha value is -0.620. The zero-order valence-electron chi connectivity index (χ0n) is 10.0. The Kier molecular flexibility index (Phi) is 3.96. The molecule has 1 fully saturated rings. The van der Waals surface area contributed by atoms with Crippen LogP contribution >= 0.6 is 0 Å². The molecule has 5 nitrogen and oxygen atoms in total. The third kappa shape index (κ3) is 2.55. The third-order valence-electron chi connectivity index (χ3n) is 3.37. The van der Waals surface area contributed by atoms with Crippen LogP contribution in [0, 0.1) is 11.3 Å². The topological polar surface area (TPSA) is 75.3 Å². The van der Waals surface area contributed by atoms with Gasteiger partial charge in [0.15, 0.2) is 0 Å². The molecule has 6 heteroatoms. The maximum absolute atomic E-state index is 12.1. The minimum Gasteiger partial charge on any atom is -0.316 e. The summed E-state index contributed by atoms with van der Waals surface area (Å²) < 4.78 is 24.9. The molecule has 0 aromatic carbocycles. The van der Waals surface area contributed by atoms with E-state index in [1.807, 2.05) is 13.8 Å². The summed E-state index contributed by atoms with van der Waals surface area (Å²) in [6.45, 7) is 6.73. The van der Waals surface area contributed by atoms with E-state index in [2.05, 4.69) is 10.0 Å². The molecule has 0 spiro atoms. The van der Waals surface area contributed by atoms with Gasteiger partial charge in [-0.3, -0.25) is 9.52 Å². The van der Waals surface area contributed by atoms with Gasteiger partial charge in [-0.05, 0) is 25.8 Å². The van der Waals surface area contributed by atoms with Gasteiger partial charge in [0, 0.05) is 6.54 Å². The van der Waals surface area contributed by atoms with Crippen molar-refractivity contribution in [2.75, 3.05) is 18.8 Å². The van der Waals surface area contributed by atoms with Gasteiger partial charge in [-0.2, -0.15) is 0 Å². The first-order valence-corrected chi connectivity index (χ1v) is 7.25. The van der Waals surface area contributed by atoms with Crippen LogP contribution in [0.3, 0.4) is 0 Å². The standard InChI is InChI=1S/C10H20N2O3S/c1-4-16(14,15)12-9(13)10(8(2)3)5-6-11-7-10/h8,11H,4-7H2,1-3H3,(H,12,13). The average Bonchev–Trinajstić information content (AvgIpc) is 2.66. The minimum absolute atomic E-state index is 0.0691. The van der Waals surface area contributed by atoms with E-state index in [1.165, 1.54) is 6.92 Å². The molecule has 1 atom stereocenters. The Balaban J connectivity index is 2.86. The highest BCUT2D eigenvalue weighted by Gasteiger charge is 2.44. The van der Waals surface area contributed by atoms with Gasteiger partial charge in [-0.1, -0.05) is 13.8 Å². The minimum atomic E-state index is -3.46. The van der Waals surface area contributed by atoms with Crippen LogP contribution in [0.25, 0.3) is 0 Å². The molecule has 2 N–H and O–H groups in total. The Morgan fingerprint density at radius 1 is 1.50 bits per heavy atom. The number of sulfonamides is 1. The van der Waals surface area contributed by atoms with Crippen molar-refractivity contribution in [2.24, 2.45) is 11.3 Å². The zero-order chi connectivity index (χ0) is 12.4. The van der Waals surface area contributed by atoms with Crippen LogP contribution in [0.4, 0.5) is 0 Å². The highest BCUT2D eigenvalue weighted by Crippen LogP contribution is 2.34. The molecular weight excluding hydrogens is 228 g/mol. The van der Waals surface area contributed by atoms with Gasteiger partial charge in [0.1, 0.15) is 0 Å². The third-order valence-corrected chi connectivity index (χ3v) is 4.63. The summed E-state index contributed by atoms with van der Waals surface area (Å²) in [5, 5.41) is 3.12. The van der Waals surface area contributed by atoms with Crippen LogP contribution in [0.15, 0.2) is 0 Å². The Labute approximate surface area is 97.0 Å². The number of hydrogen-bond acceptors (Lipinski definition) is 4. The highest BCUT2D eigenvalue weighted by molar-refractivity contribution is 7.90. The lowest BCUT2D eigenvalue weighted by atomic mass is 9.76. The fraction of sp³-hybridized carbons (Fsp3) is 0.900. The van der Waals surface area contributed by atoms with Crippen molar-refractivity contribution in [3.05, 3.63) is 0 Å². The molecule has 1 saturated heterocycles. The summed E-state index contributed by atoms with van der Waals surface area (Å²) in [6.07, 6.45) is 0.690. The van der Waals surface area contributed by atoms with Crippen molar-refractivity contribution < 1.29 is 13.2 Å². The van der Waals surface area contributed by atoms with Crippen LogP contribution in [0.1, 0.15) is 27.2 Å². The van der Waals surface area contributed by atoms with E-state index in [1.54, 1.807) is 0 Å². The number of carbonyl (C=O) groups is 1. The van der Waals surface area contributed by atoms with E-state index in [4.69, 9.17) is 0 Å². The quantitative estimate of drug-likeness (QED) is 0.739. The molecule has 0 aliphatic carbocycles. The molecule has 16 heavy (non-hydrogen) atoms. The number of hydrogen-bond donors (Lipinski definition) is 2. The van der Waals surface area contributed by atoms with Gasteiger partial charge < -0.3 is 5.32 Å². The smallest absolute Gasteiger partial charge is 0.241 e. The van der Waals surface area contributed by atoms with E-state index in [0.717, 1.165) is 6.54 Å². The first-order valence-electron chi connectivity index (χ1n) is 5.59. The molecule has 0 bridgehead atoms. The van der Waals surface area contributed by atoms with E-state index in [-0.39, 0.29) is 17.6 Å². The van der Waals surface area contributed by atoms with Crippen molar-refractivity contribution in [1.29, 1.82) is 0 Å². The van der Waals surface area contributed by atoms with E-state index in [9.17, 15) is 13.2 Å². The molecule has 1 amide bonds. The van der Waals surface area contributed by atoms with E-state index in [0.29, 0.717) is 13.0 Å². The van der Waals surface area contributed by atoms with Crippen LogP contribution in [-0.2, 0) is 14.8 Å². The lowest BCUT2D eigenvalue weighted by molar-refractivity contribution is -0.130. The lowest BCUT2D eigenvalue weighted by Gasteiger charge is -2.30. The second-order valence-corrected chi connectivity index (χ2v) is 6.58. The van der Waals surface area contributed by atoms with Crippen LogP contribution < -0.4 is 10.0 Å². The molecule has 1 rings (SSSR count). The summed E-state index contributed by atoms with van der Waals surface area (Å²) in [5.74, 6) is -0.315.